The predicted octanol–water partition coefficient (Wildman–Crippen LogP) is 2.06. The number of rotatable bonds is 13. The van der Waals surface area contributed by atoms with E-state index in [1.165, 1.54) is 44.9 Å². The Hall–Kier alpha value is -0.530. The average molecular weight is 360 g/mol. The zero-order valence-corrected chi connectivity index (χ0v) is 15.5. The van der Waals surface area contributed by atoms with Crippen molar-refractivity contribution in [2.24, 2.45) is 0 Å². The number of aliphatic hydroxyl groups excluding tert-OH is 3. The molecule has 1 heterocycles. The van der Waals surface area contributed by atoms with Crippen LogP contribution in [0.15, 0.2) is 0 Å². The van der Waals surface area contributed by atoms with Crippen LogP contribution >= 0.6 is 0 Å². The molecule has 0 aromatic carbocycles. The molecule has 1 aliphatic rings. The van der Waals surface area contributed by atoms with Gasteiger partial charge in [-0.15, -0.1) is 0 Å². The molecule has 0 aromatic rings. The first-order valence-electron chi connectivity index (χ1n) is 9.87. The van der Waals surface area contributed by atoms with Gasteiger partial charge in [-0.25, -0.2) is 0 Å². The number of carbonyl (C=O) groups excluding carboxylic acids is 1. The Balaban J connectivity index is 2.09. The lowest BCUT2D eigenvalue weighted by atomic mass is 9.91. The third-order valence-electron chi connectivity index (χ3n) is 5.00. The number of aliphatic hydroxyl groups is 4. The van der Waals surface area contributed by atoms with Gasteiger partial charge < -0.3 is 25.2 Å². The van der Waals surface area contributed by atoms with Crippen molar-refractivity contribution in [3.8, 4) is 0 Å². The van der Waals surface area contributed by atoms with Crippen LogP contribution in [0.25, 0.3) is 0 Å². The first kappa shape index (κ1) is 22.5. The van der Waals surface area contributed by atoms with E-state index in [1.807, 2.05) is 0 Å². The molecule has 1 fully saturated rings. The summed E-state index contributed by atoms with van der Waals surface area (Å²) in [6.07, 6.45) is 8.13. The summed E-state index contributed by atoms with van der Waals surface area (Å²) in [7, 11) is 0. The van der Waals surface area contributed by atoms with Gasteiger partial charge in [0, 0.05) is 6.42 Å². The lowest BCUT2D eigenvalue weighted by Crippen LogP contribution is -2.64. The minimum Gasteiger partial charge on any atom is -0.388 e. The Labute approximate surface area is 151 Å². The van der Waals surface area contributed by atoms with E-state index in [4.69, 9.17) is 4.74 Å². The number of hydrogen-bond donors (Lipinski definition) is 4. The first-order chi connectivity index (χ1) is 11.9. The van der Waals surface area contributed by atoms with E-state index in [-0.39, 0.29) is 13.0 Å². The van der Waals surface area contributed by atoms with Crippen LogP contribution in [0.5, 0.6) is 0 Å². The maximum atomic E-state index is 12.1. The topological polar surface area (TPSA) is 107 Å². The van der Waals surface area contributed by atoms with Gasteiger partial charge in [0.2, 0.25) is 0 Å². The number of ketones is 1. The van der Waals surface area contributed by atoms with Gasteiger partial charge in [-0.2, -0.15) is 0 Å². The highest BCUT2D eigenvalue weighted by Gasteiger charge is 2.52. The van der Waals surface area contributed by atoms with Gasteiger partial charge in [0.25, 0.3) is 5.79 Å². The Morgan fingerprint density at radius 1 is 0.920 bits per heavy atom. The van der Waals surface area contributed by atoms with Crippen molar-refractivity contribution in [3.63, 3.8) is 0 Å². The molecule has 0 saturated carbocycles. The molecule has 0 aliphatic carbocycles. The van der Waals surface area contributed by atoms with Gasteiger partial charge in [0.15, 0.2) is 5.78 Å². The highest BCUT2D eigenvalue weighted by atomic mass is 16.7. The molecular weight excluding hydrogens is 324 g/mol. The van der Waals surface area contributed by atoms with E-state index in [0.717, 1.165) is 19.3 Å². The minimum absolute atomic E-state index is 0.0907. The molecule has 0 spiro atoms. The molecule has 6 nitrogen and oxygen atoms in total. The molecule has 148 valence electrons. The van der Waals surface area contributed by atoms with Crippen molar-refractivity contribution in [3.05, 3.63) is 0 Å². The van der Waals surface area contributed by atoms with Crippen molar-refractivity contribution >= 4 is 5.78 Å². The Morgan fingerprint density at radius 3 is 1.92 bits per heavy atom. The summed E-state index contributed by atoms with van der Waals surface area (Å²) in [5.74, 6) is -3.04. The molecule has 0 bridgehead atoms. The van der Waals surface area contributed by atoms with Gasteiger partial charge in [-0.1, -0.05) is 71.1 Å². The van der Waals surface area contributed by atoms with Crippen LogP contribution in [-0.2, 0) is 9.53 Å². The smallest absolute Gasteiger partial charge is 0.256 e. The molecule has 6 heteroatoms. The van der Waals surface area contributed by atoms with Crippen molar-refractivity contribution in [1.82, 2.24) is 0 Å². The van der Waals surface area contributed by atoms with Crippen LogP contribution in [0.3, 0.4) is 0 Å². The van der Waals surface area contributed by atoms with Crippen LogP contribution in [-0.4, -0.2) is 56.9 Å². The summed E-state index contributed by atoms with van der Waals surface area (Å²) < 4.78 is 4.92. The summed E-state index contributed by atoms with van der Waals surface area (Å²) in [6, 6.07) is 0. The molecule has 25 heavy (non-hydrogen) atoms. The summed E-state index contributed by atoms with van der Waals surface area (Å²) in [5.41, 5.74) is 0. The molecule has 0 amide bonds. The van der Waals surface area contributed by atoms with E-state index in [0.29, 0.717) is 6.42 Å². The second-order valence-electron chi connectivity index (χ2n) is 7.22. The van der Waals surface area contributed by atoms with Crippen LogP contribution in [0.2, 0.25) is 0 Å². The number of carbonyl (C=O) groups is 1. The normalized spacial score (nSPS) is 29.7. The number of unbranched alkanes of at least 4 members (excludes halogenated alkanes) is 10. The summed E-state index contributed by atoms with van der Waals surface area (Å²) in [5, 5.41) is 39.0. The van der Waals surface area contributed by atoms with E-state index in [9.17, 15) is 25.2 Å². The zero-order valence-electron chi connectivity index (χ0n) is 15.5. The van der Waals surface area contributed by atoms with Crippen LogP contribution < -0.4 is 0 Å². The van der Waals surface area contributed by atoms with Gasteiger partial charge >= 0.3 is 0 Å². The zero-order chi connectivity index (χ0) is 18.7. The van der Waals surface area contributed by atoms with Crippen molar-refractivity contribution in [2.45, 2.75) is 108 Å². The van der Waals surface area contributed by atoms with E-state index < -0.39 is 29.9 Å². The van der Waals surface area contributed by atoms with Gasteiger partial charge in [-0.05, 0) is 6.42 Å². The summed E-state index contributed by atoms with van der Waals surface area (Å²) in [6.45, 7) is 1.84. The third kappa shape index (κ3) is 7.31. The van der Waals surface area contributed by atoms with Crippen LogP contribution in [0.1, 0.15) is 84.0 Å². The quantitative estimate of drug-likeness (QED) is 0.375. The standard InChI is InChI=1S/C19H36O6/c1-2-3-4-5-6-7-8-9-10-11-12-13-16(21)19(24)18(23)17(22)15(20)14-25-19/h15,17-18,20,22-24H,2-14H2,1H3/t15-,17+,18-,19?/m1/s1. The van der Waals surface area contributed by atoms with Gasteiger partial charge in [-0.3, -0.25) is 4.79 Å². The van der Waals surface area contributed by atoms with Crippen molar-refractivity contribution < 1.29 is 30.0 Å². The number of hydrogen-bond acceptors (Lipinski definition) is 6. The molecule has 0 radical (unpaired) electrons. The number of Topliss-reactive ketones (excluding diaryl/α,β-unsaturated/α-hetero) is 1. The fraction of sp³-hybridized carbons (Fsp3) is 0.947. The molecular formula is C19H36O6. The highest BCUT2D eigenvalue weighted by Crippen LogP contribution is 2.26. The third-order valence-corrected chi connectivity index (χ3v) is 5.00. The van der Waals surface area contributed by atoms with Crippen LogP contribution in [0.4, 0.5) is 0 Å². The molecule has 4 N–H and O–H groups in total. The van der Waals surface area contributed by atoms with Gasteiger partial charge in [0.05, 0.1) is 6.61 Å². The largest absolute Gasteiger partial charge is 0.388 e. The Kier molecular flexibility index (Phi) is 10.8. The van der Waals surface area contributed by atoms with E-state index >= 15 is 0 Å². The Morgan fingerprint density at radius 2 is 1.40 bits per heavy atom. The lowest BCUT2D eigenvalue weighted by Gasteiger charge is -2.40. The predicted molar refractivity (Wildman–Crippen MR) is 95.0 cm³/mol. The van der Waals surface area contributed by atoms with Crippen molar-refractivity contribution in [2.75, 3.05) is 6.61 Å². The van der Waals surface area contributed by atoms with Crippen molar-refractivity contribution in [1.29, 1.82) is 0 Å². The first-order valence-corrected chi connectivity index (χ1v) is 9.87. The number of ether oxygens (including phenoxy) is 1. The second-order valence-corrected chi connectivity index (χ2v) is 7.22. The molecule has 0 aromatic heterocycles. The minimum atomic E-state index is -2.41. The summed E-state index contributed by atoms with van der Waals surface area (Å²) >= 11 is 0. The fourth-order valence-electron chi connectivity index (χ4n) is 3.21. The molecule has 1 saturated heterocycles. The van der Waals surface area contributed by atoms with Crippen LogP contribution in [0, 0.1) is 0 Å². The highest BCUT2D eigenvalue weighted by molar-refractivity contribution is 5.86. The second kappa shape index (κ2) is 12.0. The maximum Gasteiger partial charge on any atom is 0.256 e. The molecule has 1 rings (SSSR count). The fourth-order valence-corrected chi connectivity index (χ4v) is 3.21. The van der Waals surface area contributed by atoms with E-state index in [1.54, 1.807) is 0 Å². The molecule has 1 aliphatic heterocycles. The lowest BCUT2D eigenvalue weighted by molar-refractivity contribution is -0.303. The SMILES string of the molecule is CCCCCCCCCCCCCC(=O)C1(O)OC[C@@H](O)[C@H](O)[C@H]1O. The maximum absolute atomic E-state index is 12.1. The molecule has 4 atom stereocenters. The van der Waals surface area contributed by atoms with Gasteiger partial charge in [0.1, 0.15) is 18.3 Å². The average Bonchev–Trinajstić information content (AvgIpc) is 2.61. The van der Waals surface area contributed by atoms with E-state index in [2.05, 4.69) is 6.92 Å². The summed E-state index contributed by atoms with van der Waals surface area (Å²) in [4.78, 5) is 12.1. The Bertz CT molecular complexity index is 375. The molecule has 1 unspecified atom stereocenters. The monoisotopic (exact) mass is 360 g/mol.